The van der Waals surface area contributed by atoms with E-state index < -0.39 is 0 Å². The van der Waals surface area contributed by atoms with Gasteiger partial charge in [0.2, 0.25) is 5.91 Å². The Morgan fingerprint density at radius 1 is 1.10 bits per heavy atom. The maximum atomic E-state index is 10.8. The lowest BCUT2D eigenvalue weighted by Gasteiger charge is -2.22. The number of hydrogen-bond donors (Lipinski definition) is 1. The predicted octanol–water partition coefficient (Wildman–Crippen LogP) is 7.18. The molecule has 0 saturated carbocycles. The topological polar surface area (TPSA) is 46.9 Å². The van der Waals surface area contributed by atoms with Crippen LogP contribution in [0.15, 0.2) is 60.9 Å². The summed E-state index contributed by atoms with van der Waals surface area (Å²) < 4.78 is 1.98. The quantitative estimate of drug-likeness (QED) is 0.406. The van der Waals surface area contributed by atoms with Crippen LogP contribution in [0.3, 0.4) is 0 Å². The Morgan fingerprint density at radius 2 is 1.77 bits per heavy atom. The van der Waals surface area contributed by atoms with Crippen LogP contribution in [0.4, 0.5) is 0 Å². The van der Waals surface area contributed by atoms with Crippen LogP contribution in [0.1, 0.15) is 47.0 Å². The third-order valence-electron chi connectivity index (χ3n) is 5.18. The molecule has 4 nitrogen and oxygen atoms in total. The molecule has 1 heterocycles. The summed E-state index contributed by atoms with van der Waals surface area (Å²) in [5, 5.41) is 4.34. The number of nitrogens with zero attached hydrogens (tertiary/aromatic N) is 2. The van der Waals surface area contributed by atoms with Crippen LogP contribution in [-0.2, 0) is 4.79 Å². The van der Waals surface area contributed by atoms with E-state index in [4.69, 9.17) is 23.2 Å². The number of benzene rings is 2. The van der Waals surface area contributed by atoms with Crippen molar-refractivity contribution in [1.82, 2.24) is 14.9 Å². The van der Waals surface area contributed by atoms with E-state index in [2.05, 4.69) is 31.1 Å². The molecular weight excluding hydrogens is 429 g/mol. The largest absolute Gasteiger partial charge is 0.354 e. The lowest BCUT2D eigenvalue weighted by atomic mass is 9.93. The summed E-state index contributed by atoms with van der Waals surface area (Å²) in [4.78, 5) is 15.2. The van der Waals surface area contributed by atoms with E-state index in [-0.39, 0.29) is 5.91 Å². The van der Waals surface area contributed by atoms with Crippen LogP contribution in [-0.4, -0.2) is 21.5 Å². The first-order valence-electron chi connectivity index (χ1n) is 10.7. The normalized spacial score (nSPS) is 12.5. The van der Waals surface area contributed by atoms with Gasteiger partial charge in [0.1, 0.15) is 5.82 Å². The highest BCUT2D eigenvalue weighted by molar-refractivity contribution is 6.33. The average molecular weight is 460 g/mol. The van der Waals surface area contributed by atoms with Crippen molar-refractivity contribution < 1.29 is 4.79 Å². The third kappa shape index (κ3) is 7.41. The average Bonchev–Trinajstić information content (AvgIpc) is 3.22. The van der Waals surface area contributed by atoms with Gasteiger partial charge >= 0.3 is 0 Å². The zero-order valence-corrected chi connectivity index (χ0v) is 20.1. The molecule has 0 aliphatic heterocycles. The van der Waals surface area contributed by atoms with E-state index in [1.54, 1.807) is 13.1 Å². The van der Waals surface area contributed by atoms with Gasteiger partial charge in [0.25, 0.3) is 0 Å². The second kappa shape index (κ2) is 12.5. The zero-order valence-electron chi connectivity index (χ0n) is 18.6. The van der Waals surface area contributed by atoms with Crippen molar-refractivity contribution in [2.45, 2.75) is 53.0 Å². The van der Waals surface area contributed by atoms with E-state index in [1.165, 1.54) is 12.8 Å². The minimum absolute atomic E-state index is 0.0806. The molecule has 166 valence electrons. The van der Waals surface area contributed by atoms with Gasteiger partial charge in [-0.3, -0.25) is 9.36 Å². The number of rotatable bonds is 7. The summed E-state index contributed by atoms with van der Waals surface area (Å²) in [5.74, 6) is 1.53. The fourth-order valence-electron chi connectivity index (χ4n) is 3.57. The van der Waals surface area contributed by atoms with Gasteiger partial charge < -0.3 is 5.32 Å². The maximum absolute atomic E-state index is 10.8. The minimum atomic E-state index is 0.0806. The second-order valence-electron chi connectivity index (χ2n) is 7.52. The second-order valence-corrected chi connectivity index (χ2v) is 8.37. The van der Waals surface area contributed by atoms with Gasteiger partial charge in [0.15, 0.2) is 0 Å². The van der Waals surface area contributed by atoms with Crippen molar-refractivity contribution >= 4 is 29.1 Å². The molecule has 2 aromatic carbocycles. The molecule has 31 heavy (non-hydrogen) atoms. The smallest absolute Gasteiger partial charge is 0.217 e. The van der Waals surface area contributed by atoms with Gasteiger partial charge in [-0.1, -0.05) is 62.0 Å². The van der Waals surface area contributed by atoms with Crippen molar-refractivity contribution in [2.24, 2.45) is 5.92 Å². The molecule has 0 saturated heterocycles. The fourth-order valence-corrected chi connectivity index (χ4v) is 3.92. The summed E-state index contributed by atoms with van der Waals surface area (Å²) in [6.45, 7) is 8.03. The van der Waals surface area contributed by atoms with Crippen LogP contribution in [0.25, 0.3) is 17.1 Å². The number of hydrogen-bond acceptors (Lipinski definition) is 2. The molecule has 3 rings (SSSR count). The summed E-state index contributed by atoms with van der Waals surface area (Å²) in [5.41, 5.74) is 1.90. The van der Waals surface area contributed by atoms with Crippen molar-refractivity contribution in [3.8, 4) is 17.1 Å². The van der Waals surface area contributed by atoms with Gasteiger partial charge in [0.05, 0.1) is 5.02 Å². The summed E-state index contributed by atoms with van der Waals surface area (Å²) >= 11 is 12.1. The minimum Gasteiger partial charge on any atom is -0.354 e. The number of imidazole rings is 1. The highest BCUT2D eigenvalue weighted by Gasteiger charge is 2.14. The first kappa shape index (κ1) is 25.0. The molecule has 6 heteroatoms. The molecule has 1 amide bonds. The molecular formula is C25H31Cl2N3O. The van der Waals surface area contributed by atoms with Crippen LogP contribution in [0.5, 0.6) is 0 Å². The Kier molecular flexibility index (Phi) is 10.1. The van der Waals surface area contributed by atoms with Crippen molar-refractivity contribution in [3.63, 3.8) is 0 Å². The monoisotopic (exact) mass is 459 g/mol. The molecule has 2 atom stereocenters. The number of carbonyl (C=O) groups excluding carboxylic acids is 1. The van der Waals surface area contributed by atoms with Gasteiger partial charge in [-0.2, -0.15) is 0 Å². The zero-order chi connectivity index (χ0) is 22.8. The Hall–Kier alpha value is -2.30. The first-order valence-corrected chi connectivity index (χ1v) is 11.4. The molecule has 0 fully saturated rings. The van der Waals surface area contributed by atoms with Gasteiger partial charge in [0, 0.05) is 41.6 Å². The van der Waals surface area contributed by atoms with Crippen LogP contribution >= 0.6 is 23.2 Å². The molecule has 1 N–H and O–H groups in total. The number of nitrogens with one attached hydrogen (secondary N) is 1. The lowest BCUT2D eigenvalue weighted by molar-refractivity contribution is -0.119. The third-order valence-corrected chi connectivity index (χ3v) is 5.76. The maximum Gasteiger partial charge on any atom is 0.217 e. The molecule has 0 aliphatic rings. The molecule has 0 spiro atoms. The van der Waals surface area contributed by atoms with E-state index >= 15 is 0 Å². The van der Waals surface area contributed by atoms with E-state index in [0.29, 0.717) is 22.0 Å². The molecule has 0 aliphatic carbocycles. The van der Waals surface area contributed by atoms with Crippen LogP contribution in [0.2, 0.25) is 10.0 Å². The standard InChI is InChI=1S/C15H10Cl2N2.C10H21NO/c16-11-5-7-12(8-6-11)19-10-9-18-15(19)13-3-1-2-4-14(13)17;1-5-7-10(6-2)8(3)11-9(4)12/h1-10H;8,10H,5-7H2,1-4H3,(H,11,12). The number of carbonyl (C=O) groups is 1. The van der Waals surface area contributed by atoms with Crippen LogP contribution < -0.4 is 5.32 Å². The van der Waals surface area contributed by atoms with E-state index in [0.717, 1.165) is 23.5 Å². The van der Waals surface area contributed by atoms with Crippen molar-refractivity contribution in [1.29, 1.82) is 0 Å². The van der Waals surface area contributed by atoms with E-state index in [9.17, 15) is 4.79 Å². The Labute approximate surface area is 195 Å². The number of amides is 1. The Balaban J connectivity index is 0.000000248. The molecule has 0 radical (unpaired) electrons. The fraction of sp³-hybridized carbons (Fsp3) is 0.360. The van der Waals surface area contributed by atoms with Gasteiger partial charge in [-0.05, 0) is 55.7 Å². The Morgan fingerprint density at radius 3 is 2.35 bits per heavy atom. The number of aromatic nitrogens is 2. The Bertz CT molecular complexity index is 953. The van der Waals surface area contributed by atoms with Gasteiger partial charge in [-0.25, -0.2) is 4.98 Å². The highest BCUT2D eigenvalue weighted by Crippen LogP contribution is 2.28. The predicted molar refractivity (Wildman–Crippen MR) is 131 cm³/mol. The molecule has 3 aromatic rings. The lowest BCUT2D eigenvalue weighted by Crippen LogP contribution is -2.36. The molecule has 2 unspecified atom stereocenters. The molecule has 0 bridgehead atoms. The summed E-state index contributed by atoms with van der Waals surface area (Å²) in [7, 11) is 0. The van der Waals surface area contributed by atoms with Crippen molar-refractivity contribution in [3.05, 3.63) is 71.0 Å². The van der Waals surface area contributed by atoms with E-state index in [1.807, 2.05) is 59.3 Å². The van der Waals surface area contributed by atoms with Crippen LogP contribution in [0, 0.1) is 5.92 Å². The summed E-state index contributed by atoms with van der Waals surface area (Å²) in [6, 6.07) is 15.6. The number of halogens is 2. The summed E-state index contributed by atoms with van der Waals surface area (Å²) in [6.07, 6.45) is 7.21. The highest BCUT2D eigenvalue weighted by atomic mass is 35.5. The van der Waals surface area contributed by atoms with Crippen molar-refractivity contribution in [2.75, 3.05) is 0 Å². The first-order chi connectivity index (χ1) is 14.9. The SMILES string of the molecule is CCCC(CC)C(C)NC(C)=O.Clc1ccc(-n2ccnc2-c2ccccc2Cl)cc1. The van der Waals surface area contributed by atoms with Gasteiger partial charge in [-0.15, -0.1) is 0 Å². The molecule has 1 aromatic heterocycles.